The summed E-state index contributed by atoms with van der Waals surface area (Å²) in [5.41, 5.74) is 0.954. The molecule has 1 aromatic carbocycles. The molecule has 22 heavy (non-hydrogen) atoms. The van der Waals surface area contributed by atoms with Crippen LogP contribution in [0.2, 0.25) is 0 Å². The average molecular weight is 303 g/mol. The Hall–Kier alpha value is -2.04. The summed E-state index contributed by atoms with van der Waals surface area (Å²) in [6.45, 7) is 1.43. The van der Waals surface area contributed by atoms with Crippen molar-refractivity contribution < 1.29 is 19.4 Å². The minimum atomic E-state index is -0.730. The number of amides is 1. The van der Waals surface area contributed by atoms with Gasteiger partial charge in [0.2, 0.25) is 0 Å². The fraction of sp³-hybridized carbons (Fsp3) is 0.529. The minimum absolute atomic E-state index is 0.0792. The Morgan fingerprint density at radius 1 is 1.18 bits per heavy atom. The molecule has 1 heterocycles. The van der Waals surface area contributed by atoms with Gasteiger partial charge in [-0.1, -0.05) is 30.3 Å². The molecule has 1 aromatic rings. The molecule has 0 unspecified atom stereocenters. The number of carboxylic acids is 1. The largest absolute Gasteiger partial charge is 0.481 e. The molecule has 0 bridgehead atoms. The lowest BCUT2D eigenvalue weighted by Crippen LogP contribution is -2.45. The second kappa shape index (κ2) is 6.38. The van der Waals surface area contributed by atoms with Crippen molar-refractivity contribution in [3.05, 3.63) is 35.9 Å². The number of carboxylic acid groups (broad SMARTS) is 1. The number of nitrogens with zero attached hydrogens (tertiary/aromatic N) is 1. The van der Waals surface area contributed by atoms with Gasteiger partial charge in [-0.2, -0.15) is 0 Å². The maximum absolute atomic E-state index is 12.2. The van der Waals surface area contributed by atoms with Crippen molar-refractivity contribution in [3.8, 4) is 0 Å². The van der Waals surface area contributed by atoms with E-state index >= 15 is 0 Å². The molecule has 2 aliphatic rings. The molecule has 3 atom stereocenters. The highest BCUT2D eigenvalue weighted by Crippen LogP contribution is 2.42. The van der Waals surface area contributed by atoms with Crippen molar-refractivity contribution in [1.82, 2.24) is 4.90 Å². The summed E-state index contributed by atoms with van der Waals surface area (Å²) < 4.78 is 5.35. The van der Waals surface area contributed by atoms with Crippen molar-refractivity contribution >= 4 is 12.1 Å². The van der Waals surface area contributed by atoms with Gasteiger partial charge in [0.1, 0.15) is 6.61 Å². The maximum Gasteiger partial charge on any atom is 0.410 e. The molecule has 118 valence electrons. The van der Waals surface area contributed by atoms with Crippen LogP contribution in [0, 0.1) is 17.8 Å². The normalized spacial score (nSPS) is 27.3. The van der Waals surface area contributed by atoms with Gasteiger partial charge < -0.3 is 14.7 Å². The van der Waals surface area contributed by atoms with Crippen LogP contribution in [0.3, 0.4) is 0 Å². The van der Waals surface area contributed by atoms with E-state index in [1.54, 1.807) is 4.90 Å². The number of piperidine rings is 1. The Bertz CT molecular complexity index is 545. The van der Waals surface area contributed by atoms with Crippen LogP contribution >= 0.6 is 0 Å². The zero-order valence-corrected chi connectivity index (χ0v) is 12.5. The van der Waals surface area contributed by atoms with Crippen LogP contribution in [0.5, 0.6) is 0 Å². The number of likely N-dealkylation sites (tertiary alicyclic amines) is 1. The summed E-state index contributed by atoms with van der Waals surface area (Å²) in [7, 11) is 0. The Morgan fingerprint density at radius 2 is 1.95 bits per heavy atom. The van der Waals surface area contributed by atoms with E-state index in [-0.39, 0.29) is 24.5 Å². The summed E-state index contributed by atoms with van der Waals surface area (Å²) in [6.07, 6.45) is 2.25. The van der Waals surface area contributed by atoms with E-state index in [0.717, 1.165) is 24.8 Å². The van der Waals surface area contributed by atoms with Gasteiger partial charge in [0, 0.05) is 13.1 Å². The summed E-state index contributed by atoms with van der Waals surface area (Å²) in [5.74, 6) is -0.517. The molecule has 1 saturated carbocycles. The van der Waals surface area contributed by atoms with E-state index in [1.165, 1.54) is 0 Å². The van der Waals surface area contributed by atoms with Crippen LogP contribution in [0.15, 0.2) is 30.3 Å². The third-order valence-electron chi connectivity index (χ3n) is 4.95. The highest BCUT2D eigenvalue weighted by Gasteiger charge is 2.44. The van der Waals surface area contributed by atoms with Crippen LogP contribution in [0.4, 0.5) is 4.79 Å². The molecule has 1 aliphatic carbocycles. The molecule has 1 saturated heterocycles. The average Bonchev–Trinajstić information content (AvgIpc) is 2.96. The number of aliphatic carboxylic acids is 1. The molecular weight excluding hydrogens is 282 g/mol. The van der Waals surface area contributed by atoms with Gasteiger partial charge >= 0.3 is 12.1 Å². The van der Waals surface area contributed by atoms with Crippen LogP contribution in [0.1, 0.15) is 24.8 Å². The van der Waals surface area contributed by atoms with Crippen LogP contribution in [0.25, 0.3) is 0 Å². The standard InChI is InChI=1S/C17H21NO4/c19-16(20)14-7-6-13-8-9-18(10-15(13)14)17(21)22-11-12-4-2-1-3-5-12/h1-5,13-15H,6-11H2,(H,19,20)/t13-,14+,15+/m0/s1. The Balaban J connectivity index is 1.56. The highest BCUT2D eigenvalue weighted by molar-refractivity contribution is 5.71. The van der Waals surface area contributed by atoms with Gasteiger partial charge in [0.05, 0.1) is 5.92 Å². The molecule has 5 heteroatoms. The van der Waals surface area contributed by atoms with E-state index in [1.807, 2.05) is 30.3 Å². The van der Waals surface area contributed by atoms with Gasteiger partial charge in [0.25, 0.3) is 0 Å². The molecule has 1 aliphatic heterocycles. The third kappa shape index (κ3) is 3.08. The lowest BCUT2D eigenvalue weighted by Gasteiger charge is -2.35. The molecule has 0 aromatic heterocycles. The molecule has 0 radical (unpaired) electrons. The molecule has 2 fully saturated rings. The number of hydrogen-bond donors (Lipinski definition) is 1. The van der Waals surface area contributed by atoms with Crippen molar-refractivity contribution in [3.63, 3.8) is 0 Å². The van der Waals surface area contributed by atoms with Gasteiger partial charge in [-0.3, -0.25) is 4.79 Å². The van der Waals surface area contributed by atoms with E-state index in [0.29, 0.717) is 19.0 Å². The number of carbonyl (C=O) groups excluding carboxylic acids is 1. The summed E-state index contributed by atoms with van der Waals surface area (Å²) >= 11 is 0. The first-order valence-electron chi connectivity index (χ1n) is 7.83. The van der Waals surface area contributed by atoms with E-state index < -0.39 is 5.97 Å². The smallest absolute Gasteiger partial charge is 0.410 e. The zero-order chi connectivity index (χ0) is 15.5. The Labute approximate surface area is 129 Å². The van der Waals surface area contributed by atoms with Crippen molar-refractivity contribution in [1.29, 1.82) is 0 Å². The number of fused-ring (bicyclic) bond motifs is 1. The number of ether oxygens (including phenoxy) is 1. The first-order chi connectivity index (χ1) is 10.6. The maximum atomic E-state index is 12.2. The fourth-order valence-corrected chi connectivity index (χ4v) is 3.74. The van der Waals surface area contributed by atoms with Crippen LogP contribution < -0.4 is 0 Å². The molecular formula is C17H21NO4. The van der Waals surface area contributed by atoms with E-state index in [2.05, 4.69) is 0 Å². The quantitative estimate of drug-likeness (QED) is 0.932. The summed E-state index contributed by atoms with van der Waals surface area (Å²) in [6, 6.07) is 9.56. The molecule has 3 rings (SSSR count). The predicted octanol–water partition coefficient (Wildman–Crippen LogP) is 2.76. The highest BCUT2D eigenvalue weighted by atomic mass is 16.6. The first-order valence-corrected chi connectivity index (χ1v) is 7.83. The number of benzene rings is 1. The predicted molar refractivity (Wildman–Crippen MR) is 80.2 cm³/mol. The first kappa shape index (κ1) is 14.9. The summed E-state index contributed by atoms with van der Waals surface area (Å²) in [4.78, 5) is 25.2. The Morgan fingerprint density at radius 3 is 2.68 bits per heavy atom. The van der Waals surface area contributed by atoms with Crippen LogP contribution in [-0.4, -0.2) is 35.2 Å². The van der Waals surface area contributed by atoms with Gasteiger partial charge in [-0.15, -0.1) is 0 Å². The van der Waals surface area contributed by atoms with E-state index in [9.17, 15) is 14.7 Å². The van der Waals surface area contributed by atoms with Crippen LogP contribution in [-0.2, 0) is 16.1 Å². The number of carbonyl (C=O) groups is 2. The number of hydrogen-bond acceptors (Lipinski definition) is 3. The topological polar surface area (TPSA) is 66.8 Å². The molecule has 0 spiro atoms. The minimum Gasteiger partial charge on any atom is -0.481 e. The van der Waals surface area contributed by atoms with Gasteiger partial charge in [0.15, 0.2) is 0 Å². The van der Waals surface area contributed by atoms with Gasteiger partial charge in [-0.05, 0) is 36.7 Å². The van der Waals surface area contributed by atoms with Gasteiger partial charge in [-0.25, -0.2) is 4.79 Å². The third-order valence-corrected chi connectivity index (χ3v) is 4.95. The summed E-state index contributed by atoms with van der Waals surface area (Å²) in [5, 5.41) is 9.29. The second-order valence-electron chi connectivity index (χ2n) is 6.22. The molecule has 1 amide bonds. The fourth-order valence-electron chi connectivity index (χ4n) is 3.74. The van der Waals surface area contributed by atoms with Crippen molar-refractivity contribution in [2.24, 2.45) is 17.8 Å². The lowest BCUT2D eigenvalue weighted by molar-refractivity contribution is -0.143. The zero-order valence-electron chi connectivity index (χ0n) is 12.5. The number of rotatable bonds is 3. The monoisotopic (exact) mass is 303 g/mol. The SMILES string of the molecule is O=C(O)[C@@H]1CC[C@H]2CCN(C(=O)OCc3ccccc3)C[C@H]21. The van der Waals surface area contributed by atoms with Crippen molar-refractivity contribution in [2.75, 3.05) is 13.1 Å². The molecule has 5 nitrogen and oxygen atoms in total. The molecule has 1 N–H and O–H groups in total. The Kier molecular flexibility index (Phi) is 4.32. The second-order valence-corrected chi connectivity index (χ2v) is 6.22. The van der Waals surface area contributed by atoms with E-state index in [4.69, 9.17) is 4.74 Å². The lowest BCUT2D eigenvalue weighted by atomic mass is 9.84. The van der Waals surface area contributed by atoms with Crippen molar-refractivity contribution in [2.45, 2.75) is 25.9 Å².